The van der Waals surface area contributed by atoms with Crippen molar-refractivity contribution in [2.45, 2.75) is 46.6 Å². The van der Waals surface area contributed by atoms with Crippen molar-refractivity contribution < 1.29 is 4.79 Å². The van der Waals surface area contributed by atoms with Gasteiger partial charge < -0.3 is 5.32 Å². The van der Waals surface area contributed by atoms with Gasteiger partial charge in [0.25, 0.3) is 0 Å². The maximum atomic E-state index is 12.0. The summed E-state index contributed by atoms with van der Waals surface area (Å²) in [7, 11) is 0. The van der Waals surface area contributed by atoms with E-state index in [0.29, 0.717) is 0 Å². The molecule has 0 bridgehead atoms. The van der Waals surface area contributed by atoms with Crippen LogP contribution in [0, 0.1) is 5.41 Å². The van der Waals surface area contributed by atoms with Gasteiger partial charge in [-0.25, -0.2) is 0 Å². The number of nitrogens with zero attached hydrogens (tertiary/aromatic N) is 1. The van der Waals surface area contributed by atoms with E-state index in [1.54, 1.807) is 6.08 Å². The van der Waals surface area contributed by atoms with Crippen molar-refractivity contribution in [3.8, 4) is 0 Å². The zero-order valence-corrected chi connectivity index (χ0v) is 14.1. The lowest BCUT2D eigenvalue weighted by Crippen LogP contribution is -2.29. The van der Waals surface area contributed by atoms with Crippen molar-refractivity contribution in [3.05, 3.63) is 42.0 Å². The molecule has 22 heavy (non-hydrogen) atoms. The van der Waals surface area contributed by atoms with E-state index < -0.39 is 0 Å². The molecule has 1 aliphatic heterocycles. The smallest absolute Gasteiger partial charge is 0.248 e. The van der Waals surface area contributed by atoms with Gasteiger partial charge in [0.05, 0.1) is 0 Å². The Hall–Kier alpha value is -1.61. The van der Waals surface area contributed by atoms with E-state index in [4.69, 9.17) is 0 Å². The summed E-state index contributed by atoms with van der Waals surface area (Å²) in [4.78, 5) is 14.4. The zero-order valence-electron chi connectivity index (χ0n) is 14.1. The Labute approximate surface area is 134 Å². The fourth-order valence-corrected chi connectivity index (χ4v) is 2.63. The van der Waals surface area contributed by atoms with E-state index in [1.165, 1.54) is 37.9 Å². The van der Waals surface area contributed by atoms with Gasteiger partial charge in [-0.05, 0) is 55.1 Å². The Balaban J connectivity index is 1.93. The molecule has 0 unspecified atom stereocenters. The zero-order chi connectivity index (χ0) is 16.0. The second-order valence-corrected chi connectivity index (χ2v) is 7.23. The van der Waals surface area contributed by atoms with E-state index in [9.17, 15) is 4.79 Å². The molecular weight excluding hydrogens is 272 g/mol. The van der Waals surface area contributed by atoms with Crippen molar-refractivity contribution >= 4 is 11.6 Å². The maximum absolute atomic E-state index is 12.0. The minimum absolute atomic E-state index is 0.0213. The van der Waals surface area contributed by atoms with Gasteiger partial charge in [-0.1, -0.05) is 45.4 Å². The van der Waals surface area contributed by atoms with Gasteiger partial charge in [-0.3, -0.25) is 9.69 Å². The fourth-order valence-electron chi connectivity index (χ4n) is 2.63. The molecule has 1 fully saturated rings. The number of anilines is 1. The Kier molecular flexibility index (Phi) is 5.78. The Morgan fingerprint density at radius 1 is 1.23 bits per heavy atom. The van der Waals surface area contributed by atoms with Gasteiger partial charge in [0.2, 0.25) is 5.91 Å². The van der Waals surface area contributed by atoms with E-state index in [2.05, 4.69) is 43.1 Å². The third kappa shape index (κ3) is 6.02. The minimum atomic E-state index is -0.0648. The summed E-state index contributed by atoms with van der Waals surface area (Å²) in [5, 5.41) is 2.95. The van der Waals surface area contributed by atoms with Crippen molar-refractivity contribution in [2.75, 3.05) is 18.4 Å². The van der Waals surface area contributed by atoms with Crippen LogP contribution in [0.2, 0.25) is 0 Å². The largest absolute Gasteiger partial charge is 0.323 e. The lowest BCUT2D eigenvalue weighted by molar-refractivity contribution is -0.112. The van der Waals surface area contributed by atoms with Crippen LogP contribution in [0.1, 0.15) is 45.6 Å². The molecule has 2 rings (SSSR count). The number of rotatable bonds is 4. The quantitative estimate of drug-likeness (QED) is 0.845. The Bertz CT molecular complexity index is 522. The number of amides is 1. The van der Waals surface area contributed by atoms with E-state index in [-0.39, 0.29) is 11.3 Å². The monoisotopic (exact) mass is 300 g/mol. The van der Waals surface area contributed by atoms with Crippen molar-refractivity contribution in [1.29, 1.82) is 0 Å². The summed E-state index contributed by atoms with van der Waals surface area (Å²) < 4.78 is 0. The van der Waals surface area contributed by atoms with Crippen LogP contribution in [0.5, 0.6) is 0 Å². The van der Waals surface area contributed by atoms with Crippen molar-refractivity contribution in [1.82, 2.24) is 4.90 Å². The highest BCUT2D eigenvalue weighted by atomic mass is 16.1. The first-order valence-corrected chi connectivity index (χ1v) is 8.24. The second-order valence-electron chi connectivity index (χ2n) is 7.23. The molecule has 120 valence electrons. The molecule has 1 aromatic rings. The van der Waals surface area contributed by atoms with Gasteiger partial charge in [0, 0.05) is 12.2 Å². The standard InChI is InChI=1S/C19H28N2O/c1-19(2,3)11-10-18(22)20-17-9-7-8-16(14-17)15-21-12-5-4-6-13-21/h7-11,14H,4-6,12-13,15H2,1-3H3,(H,20,22). The molecule has 1 amide bonds. The van der Waals surface area contributed by atoms with Gasteiger partial charge in [-0.2, -0.15) is 0 Å². The Morgan fingerprint density at radius 3 is 2.64 bits per heavy atom. The maximum Gasteiger partial charge on any atom is 0.248 e. The normalized spacial score (nSPS) is 16.9. The third-order valence-corrected chi connectivity index (χ3v) is 3.78. The minimum Gasteiger partial charge on any atom is -0.323 e. The van der Waals surface area contributed by atoms with Crippen LogP contribution in [0.25, 0.3) is 0 Å². The predicted molar refractivity (Wildman–Crippen MR) is 92.8 cm³/mol. The molecule has 1 heterocycles. The Morgan fingerprint density at radius 2 is 1.95 bits per heavy atom. The lowest BCUT2D eigenvalue weighted by Gasteiger charge is -2.26. The molecule has 0 atom stereocenters. The van der Waals surface area contributed by atoms with E-state index in [0.717, 1.165) is 12.2 Å². The molecule has 0 aliphatic carbocycles. The van der Waals surface area contributed by atoms with E-state index in [1.807, 2.05) is 18.2 Å². The van der Waals surface area contributed by atoms with Crippen LogP contribution in [-0.4, -0.2) is 23.9 Å². The van der Waals surface area contributed by atoms with Crippen LogP contribution in [0.3, 0.4) is 0 Å². The average molecular weight is 300 g/mol. The van der Waals surface area contributed by atoms with Crippen molar-refractivity contribution in [2.24, 2.45) is 5.41 Å². The van der Waals surface area contributed by atoms with Gasteiger partial charge in [0.15, 0.2) is 0 Å². The molecule has 1 saturated heterocycles. The summed E-state index contributed by atoms with van der Waals surface area (Å²) in [5.74, 6) is -0.0648. The first-order chi connectivity index (χ1) is 10.4. The molecule has 1 aliphatic rings. The van der Waals surface area contributed by atoms with Crippen LogP contribution in [0.4, 0.5) is 5.69 Å². The number of likely N-dealkylation sites (tertiary alicyclic amines) is 1. The van der Waals surface area contributed by atoms with E-state index >= 15 is 0 Å². The number of benzene rings is 1. The van der Waals surface area contributed by atoms with Crippen LogP contribution in [-0.2, 0) is 11.3 Å². The number of piperidine rings is 1. The molecule has 0 radical (unpaired) electrons. The molecule has 0 spiro atoms. The highest BCUT2D eigenvalue weighted by Crippen LogP contribution is 2.17. The highest BCUT2D eigenvalue weighted by Gasteiger charge is 2.11. The topological polar surface area (TPSA) is 32.3 Å². The van der Waals surface area contributed by atoms with Gasteiger partial charge in [-0.15, -0.1) is 0 Å². The molecule has 1 N–H and O–H groups in total. The van der Waals surface area contributed by atoms with Crippen LogP contribution in [0.15, 0.2) is 36.4 Å². The summed E-state index contributed by atoms with van der Waals surface area (Å²) in [5.41, 5.74) is 2.16. The van der Waals surface area contributed by atoms with Gasteiger partial charge >= 0.3 is 0 Å². The second kappa shape index (κ2) is 7.59. The van der Waals surface area contributed by atoms with Crippen LogP contribution >= 0.6 is 0 Å². The molecular formula is C19H28N2O. The number of carbonyl (C=O) groups is 1. The first-order valence-electron chi connectivity index (χ1n) is 8.24. The summed E-state index contributed by atoms with van der Waals surface area (Å²) in [6, 6.07) is 8.18. The third-order valence-electron chi connectivity index (χ3n) is 3.78. The number of hydrogen-bond donors (Lipinski definition) is 1. The summed E-state index contributed by atoms with van der Waals surface area (Å²) in [6.45, 7) is 9.58. The molecule has 1 aromatic carbocycles. The SMILES string of the molecule is CC(C)(C)C=CC(=O)Nc1cccc(CN2CCCCC2)c1. The average Bonchev–Trinajstić information content (AvgIpc) is 2.46. The summed E-state index contributed by atoms with van der Waals surface area (Å²) >= 11 is 0. The molecule has 0 aromatic heterocycles. The van der Waals surface area contributed by atoms with Gasteiger partial charge in [0.1, 0.15) is 0 Å². The molecule has 3 nitrogen and oxygen atoms in total. The number of nitrogens with one attached hydrogen (secondary N) is 1. The fraction of sp³-hybridized carbons (Fsp3) is 0.526. The summed E-state index contributed by atoms with van der Waals surface area (Å²) in [6.07, 6.45) is 7.51. The molecule has 3 heteroatoms. The molecule has 0 saturated carbocycles. The number of carbonyl (C=O) groups excluding carboxylic acids is 1. The lowest BCUT2D eigenvalue weighted by atomic mass is 9.96. The van der Waals surface area contributed by atoms with Crippen molar-refractivity contribution in [3.63, 3.8) is 0 Å². The first kappa shape index (κ1) is 16.8. The predicted octanol–water partition coefficient (Wildman–Crippen LogP) is 4.21. The van der Waals surface area contributed by atoms with Crippen LogP contribution < -0.4 is 5.32 Å². The highest BCUT2D eigenvalue weighted by molar-refractivity contribution is 5.99. The number of hydrogen-bond acceptors (Lipinski definition) is 2. The number of allylic oxidation sites excluding steroid dienone is 1.